The normalized spacial score (nSPS) is 22.5. The maximum absolute atomic E-state index is 12.1. The number of β-lactam (4-membered cyclic amide) rings is 1. The minimum Gasteiger partial charge on any atom is -0.543 e. The van der Waals surface area contributed by atoms with Gasteiger partial charge in [-0.1, -0.05) is 11.8 Å². The number of hydrogen-bond donors (Lipinski definition) is 4. The molecule has 1 saturated heterocycles. The van der Waals surface area contributed by atoms with Crippen LogP contribution in [-0.4, -0.2) is 55.6 Å². The molecule has 1 aromatic rings. The van der Waals surface area contributed by atoms with Crippen LogP contribution in [0.3, 0.4) is 0 Å². The Morgan fingerprint density at radius 3 is 3.00 bits per heavy atom. The van der Waals surface area contributed by atoms with Gasteiger partial charge in [0.15, 0.2) is 0 Å². The maximum atomic E-state index is 12.1. The second-order valence-corrected chi connectivity index (χ2v) is 8.09. The molecule has 1 unspecified atom stereocenters. The van der Waals surface area contributed by atoms with Crippen molar-refractivity contribution >= 4 is 41.3 Å². The van der Waals surface area contributed by atoms with E-state index in [0.717, 1.165) is 0 Å². The van der Waals surface area contributed by atoms with E-state index in [1.807, 2.05) is 6.92 Å². The summed E-state index contributed by atoms with van der Waals surface area (Å²) < 4.78 is 0.574. The smallest absolute Gasteiger partial charge is 0.543 e. The number of amides is 1. The minimum absolute atomic E-state index is 0. The molecule has 2 aliphatic rings. The number of anilines is 1. The van der Waals surface area contributed by atoms with Crippen LogP contribution in [0.4, 0.5) is 5.95 Å². The number of carboxylic acid groups (broad SMARTS) is 1. The minimum atomic E-state index is -1.34. The van der Waals surface area contributed by atoms with Crippen molar-refractivity contribution in [3.05, 3.63) is 22.3 Å². The summed E-state index contributed by atoms with van der Waals surface area (Å²) in [4.78, 5) is 31.8. The predicted molar refractivity (Wildman–Crippen MR) is 92.7 cm³/mol. The molecule has 4 N–H and O–H groups in total. The third kappa shape index (κ3) is 4.41. The number of nitrogens with zero attached hydrogens (tertiary/aromatic N) is 2. The molecule has 1 aromatic heterocycles. The molecule has 0 aromatic carbocycles. The van der Waals surface area contributed by atoms with Crippen molar-refractivity contribution in [1.29, 1.82) is 0 Å². The number of H-pyrrole nitrogens is 1. The number of aromatic nitrogens is 2. The largest absolute Gasteiger partial charge is 1.00 e. The molecule has 1 fully saturated rings. The number of aliphatic carboxylic acids is 1. The van der Waals surface area contributed by atoms with E-state index in [1.165, 1.54) is 28.4 Å². The van der Waals surface area contributed by atoms with E-state index < -0.39 is 5.97 Å². The Balaban J connectivity index is 0.00000243. The van der Waals surface area contributed by atoms with Crippen LogP contribution < -0.4 is 45.5 Å². The van der Waals surface area contributed by atoms with E-state index in [-0.39, 0.29) is 65.1 Å². The summed E-state index contributed by atoms with van der Waals surface area (Å²) >= 11 is 2.72. The quantitative estimate of drug-likeness (QED) is 0.185. The maximum Gasteiger partial charge on any atom is 1.00 e. The molecule has 12 heteroatoms. The zero-order valence-corrected chi connectivity index (χ0v) is 18.0. The molecular formula is C14H18N5NaO4S2. The Kier molecular flexibility index (Phi) is 7.89. The van der Waals surface area contributed by atoms with Gasteiger partial charge in [0.2, 0.25) is 11.9 Å². The van der Waals surface area contributed by atoms with Crippen LogP contribution in [0, 0.1) is 5.92 Å². The van der Waals surface area contributed by atoms with Crippen LogP contribution in [-0.2, 0) is 9.59 Å². The van der Waals surface area contributed by atoms with Gasteiger partial charge in [-0.05, 0) is 13.3 Å². The van der Waals surface area contributed by atoms with Crippen molar-refractivity contribution in [2.75, 3.05) is 17.8 Å². The first-order chi connectivity index (χ1) is 12.0. The Bertz CT molecular complexity index is 687. The molecule has 1 amide bonds. The van der Waals surface area contributed by atoms with E-state index in [4.69, 9.17) is 5.11 Å². The number of aliphatic hydroxyl groups excluding tert-OH is 1. The number of fused-ring (bicyclic) bond motifs is 1. The molecule has 26 heavy (non-hydrogen) atoms. The Hall–Kier alpha value is -0.690. The number of rotatable bonds is 9. The fraction of sp³-hybridized carbons (Fsp3) is 0.500. The van der Waals surface area contributed by atoms with E-state index >= 15 is 0 Å². The van der Waals surface area contributed by atoms with Gasteiger partial charge in [0.1, 0.15) is 0 Å². The van der Waals surface area contributed by atoms with Crippen molar-refractivity contribution in [2.24, 2.45) is 5.92 Å². The molecule has 136 valence electrons. The second-order valence-electron chi connectivity index (χ2n) is 5.68. The third-order valence-electron chi connectivity index (χ3n) is 3.85. The Morgan fingerprint density at radius 2 is 2.38 bits per heavy atom. The van der Waals surface area contributed by atoms with Crippen molar-refractivity contribution in [2.45, 2.75) is 24.8 Å². The van der Waals surface area contributed by atoms with Gasteiger partial charge in [-0.25, -0.2) is 10.4 Å². The van der Waals surface area contributed by atoms with Gasteiger partial charge in [0, 0.05) is 30.8 Å². The summed E-state index contributed by atoms with van der Waals surface area (Å²) in [5.41, 5.74) is 5.93. The van der Waals surface area contributed by atoms with Gasteiger partial charge in [-0.3, -0.25) is 15.1 Å². The zero-order valence-electron chi connectivity index (χ0n) is 14.4. The number of aliphatic hydroxyl groups is 1. The first-order valence-corrected chi connectivity index (χ1v) is 9.59. The molecule has 0 bridgehead atoms. The summed E-state index contributed by atoms with van der Waals surface area (Å²) in [6.07, 6.45) is 3.66. The number of carboxylic acids is 1. The summed E-state index contributed by atoms with van der Waals surface area (Å²) in [6, 6.07) is 0.0170. The van der Waals surface area contributed by atoms with E-state index in [9.17, 15) is 14.7 Å². The van der Waals surface area contributed by atoms with Crippen LogP contribution >= 0.6 is 23.5 Å². The number of hydrazine groups is 1. The fourth-order valence-corrected chi connectivity index (χ4v) is 5.44. The molecule has 3 heterocycles. The number of carbonyl (C=O) groups is 2. The van der Waals surface area contributed by atoms with Crippen molar-refractivity contribution in [3.63, 3.8) is 0 Å². The molecule has 0 saturated carbocycles. The number of hydrogen-bond acceptors (Lipinski definition) is 9. The number of aromatic amines is 1. The number of imidazole rings is 1. The van der Waals surface area contributed by atoms with Crippen molar-refractivity contribution < 1.29 is 49.4 Å². The molecular weight excluding hydrogens is 389 g/mol. The van der Waals surface area contributed by atoms with Crippen LogP contribution in [0.25, 0.3) is 0 Å². The van der Waals surface area contributed by atoms with Gasteiger partial charge in [0.05, 0.1) is 27.2 Å². The summed E-state index contributed by atoms with van der Waals surface area (Å²) in [7, 11) is 0. The van der Waals surface area contributed by atoms with E-state index in [2.05, 4.69) is 20.8 Å². The van der Waals surface area contributed by atoms with Crippen molar-refractivity contribution in [1.82, 2.24) is 20.3 Å². The number of carbonyl (C=O) groups excluding carboxylic acids is 2. The first kappa shape index (κ1) is 21.6. The van der Waals surface area contributed by atoms with Crippen LogP contribution in [0.1, 0.15) is 13.3 Å². The number of thioether (sulfide) groups is 2. The van der Waals surface area contributed by atoms with Gasteiger partial charge in [-0.2, -0.15) is 0 Å². The molecule has 3 rings (SSSR count). The van der Waals surface area contributed by atoms with Gasteiger partial charge in [0.25, 0.3) is 0 Å². The topological polar surface area (TPSA) is 133 Å². The van der Waals surface area contributed by atoms with Gasteiger partial charge in [-0.15, -0.1) is 11.8 Å². The average Bonchev–Trinajstić information content (AvgIpc) is 3.21. The Morgan fingerprint density at radius 1 is 1.62 bits per heavy atom. The van der Waals surface area contributed by atoms with Gasteiger partial charge >= 0.3 is 29.6 Å². The third-order valence-corrected chi connectivity index (χ3v) is 6.80. The fourth-order valence-electron chi connectivity index (χ4n) is 2.62. The van der Waals surface area contributed by atoms with Crippen LogP contribution in [0.15, 0.2) is 22.3 Å². The summed E-state index contributed by atoms with van der Waals surface area (Å²) in [6.45, 7) is 1.85. The summed E-state index contributed by atoms with van der Waals surface area (Å²) in [5, 5.41) is 20.3. The number of nitrogens with one attached hydrogen (secondary N) is 3. The van der Waals surface area contributed by atoms with Crippen molar-refractivity contribution in [3.8, 4) is 0 Å². The molecule has 0 spiro atoms. The standard InChI is InChI=1S/C14H19N5O4S2.Na/c1-7(17-18-14-15-3-4-16-14)6-24-13-9(12(22)23)19-10(21)8(2-5-20)11(19)25-13;/h3-4,7-8,11,17,20H,2,5-6H2,1H3,(H,22,23)(H2,15,16,18);/q;+1/p-1/t7?,8-,11+;/m0./s1. The van der Waals surface area contributed by atoms with Crippen LogP contribution in [0.2, 0.25) is 0 Å². The van der Waals surface area contributed by atoms with E-state index in [0.29, 0.717) is 22.4 Å². The molecule has 9 nitrogen and oxygen atoms in total. The predicted octanol–water partition coefficient (Wildman–Crippen LogP) is -3.72. The van der Waals surface area contributed by atoms with E-state index in [1.54, 1.807) is 12.4 Å². The first-order valence-electron chi connectivity index (χ1n) is 7.72. The molecule has 2 aliphatic heterocycles. The summed E-state index contributed by atoms with van der Waals surface area (Å²) in [5.74, 6) is -0.761. The molecule has 0 aliphatic carbocycles. The second kappa shape index (κ2) is 9.49. The molecule has 3 atom stereocenters. The zero-order chi connectivity index (χ0) is 18.0. The van der Waals surface area contributed by atoms with Gasteiger partial charge < -0.3 is 20.0 Å². The molecule has 0 radical (unpaired) electrons. The Labute approximate surface area is 181 Å². The average molecular weight is 407 g/mol. The monoisotopic (exact) mass is 407 g/mol. The SMILES string of the molecule is CC(CSC1=C(C(=O)[O-])N2C(=O)[C@H](CCO)[C@H]2S1)NNc1ncc[nH]1.[Na+]. The van der Waals surface area contributed by atoms with Crippen LogP contribution in [0.5, 0.6) is 0 Å².